The van der Waals surface area contributed by atoms with Gasteiger partial charge in [0.05, 0.1) is 36.5 Å². The monoisotopic (exact) mass is 507 g/mol. The van der Waals surface area contributed by atoms with E-state index in [1.54, 1.807) is 26.2 Å². The Labute approximate surface area is 216 Å². The van der Waals surface area contributed by atoms with Gasteiger partial charge in [-0.2, -0.15) is 0 Å². The Morgan fingerprint density at radius 2 is 1.92 bits per heavy atom. The fourth-order valence-corrected chi connectivity index (χ4v) is 4.10. The van der Waals surface area contributed by atoms with Gasteiger partial charge in [-0.05, 0) is 58.0 Å². The van der Waals surface area contributed by atoms with E-state index in [9.17, 15) is 9.59 Å². The van der Waals surface area contributed by atoms with Crippen LogP contribution in [0.25, 0.3) is 11.0 Å². The Bertz CT molecular complexity index is 1320. The van der Waals surface area contributed by atoms with Crippen LogP contribution in [0.2, 0.25) is 0 Å². The standard InChI is InChI=1S/C27H33N5O5/c1-7-24(33)30-21-14-18(32-10-12-35-13-11-32)8-9-20(21)29-23-15-19-22(16-28-23)36-17(2)25(19)31(6)26(34)37-27(3,4)5/h7-9,14-16H,1,10-13H2,2-6H3,(H,28,29)(H,30,33). The molecule has 1 fully saturated rings. The zero-order valence-electron chi connectivity index (χ0n) is 21.9. The topological polar surface area (TPSA) is 109 Å². The molecule has 2 N–H and O–H groups in total. The second-order valence-electron chi connectivity index (χ2n) is 9.76. The van der Waals surface area contributed by atoms with Gasteiger partial charge in [-0.15, -0.1) is 0 Å². The highest BCUT2D eigenvalue weighted by Crippen LogP contribution is 2.36. The van der Waals surface area contributed by atoms with E-state index in [0.29, 0.717) is 52.8 Å². The average Bonchev–Trinajstić information content (AvgIpc) is 3.18. The number of nitrogens with one attached hydrogen (secondary N) is 2. The summed E-state index contributed by atoms with van der Waals surface area (Å²) in [6.07, 6.45) is 2.33. The summed E-state index contributed by atoms with van der Waals surface area (Å²) < 4.78 is 16.8. The highest BCUT2D eigenvalue weighted by Gasteiger charge is 2.25. The molecule has 4 rings (SSSR count). The molecule has 2 aromatic heterocycles. The minimum Gasteiger partial charge on any atom is -0.457 e. The number of fused-ring (bicyclic) bond motifs is 1. The molecule has 1 aliphatic heterocycles. The summed E-state index contributed by atoms with van der Waals surface area (Å²) in [6, 6.07) is 7.59. The molecule has 3 aromatic rings. The number of furan rings is 1. The molecule has 0 radical (unpaired) electrons. The maximum atomic E-state index is 12.7. The van der Waals surface area contributed by atoms with Gasteiger partial charge < -0.3 is 29.4 Å². The lowest BCUT2D eigenvalue weighted by Gasteiger charge is -2.29. The summed E-state index contributed by atoms with van der Waals surface area (Å²) in [5.74, 6) is 0.758. The van der Waals surface area contributed by atoms with Gasteiger partial charge >= 0.3 is 6.09 Å². The van der Waals surface area contributed by atoms with E-state index >= 15 is 0 Å². The van der Waals surface area contributed by atoms with Gasteiger partial charge in [0.1, 0.15) is 17.2 Å². The number of aromatic nitrogens is 1. The van der Waals surface area contributed by atoms with E-state index in [2.05, 4.69) is 27.1 Å². The highest BCUT2D eigenvalue weighted by molar-refractivity contribution is 6.03. The molecule has 0 bridgehead atoms. The number of rotatable bonds is 6. The summed E-state index contributed by atoms with van der Waals surface area (Å²) in [6.45, 7) is 13.7. The van der Waals surface area contributed by atoms with Crippen LogP contribution in [-0.2, 0) is 14.3 Å². The van der Waals surface area contributed by atoms with Crippen LogP contribution in [0.15, 0.2) is 47.5 Å². The maximum absolute atomic E-state index is 12.7. The molecule has 0 unspecified atom stereocenters. The van der Waals surface area contributed by atoms with Gasteiger partial charge in [-0.1, -0.05) is 6.58 Å². The predicted octanol–water partition coefficient (Wildman–Crippen LogP) is 5.21. The Hall–Kier alpha value is -4.05. The average molecular weight is 508 g/mol. The number of carbonyl (C=O) groups excluding carboxylic acids is 2. The lowest BCUT2D eigenvalue weighted by Crippen LogP contribution is -2.36. The van der Waals surface area contributed by atoms with Crippen molar-refractivity contribution in [2.24, 2.45) is 0 Å². The first-order chi connectivity index (χ1) is 17.6. The predicted molar refractivity (Wildman–Crippen MR) is 145 cm³/mol. The minimum absolute atomic E-state index is 0.322. The number of morpholine rings is 1. The SMILES string of the molecule is C=CC(=O)Nc1cc(N2CCOCC2)ccc1Nc1cc2c(N(C)C(=O)OC(C)(C)C)c(C)oc2cn1. The molecule has 10 heteroatoms. The third-order valence-corrected chi connectivity index (χ3v) is 5.81. The van der Waals surface area contributed by atoms with E-state index in [4.69, 9.17) is 13.9 Å². The summed E-state index contributed by atoms with van der Waals surface area (Å²) >= 11 is 0. The number of hydrogen-bond donors (Lipinski definition) is 2. The molecule has 0 atom stereocenters. The van der Waals surface area contributed by atoms with E-state index < -0.39 is 11.7 Å². The Kier molecular flexibility index (Phi) is 7.40. The molecular weight excluding hydrogens is 474 g/mol. The fraction of sp³-hybridized carbons (Fsp3) is 0.370. The molecule has 196 valence electrons. The molecule has 10 nitrogen and oxygen atoms in total. The van der Waals surface area contributed by atoms with Crippen LogP contribution in [0, 0.1) is 6.92 Å². The summed E-state index contributed by atoms with van der Waals surface area (Å²) in [5.41, 5.74) is 2.72. The second kappa shape index (κ2) is 10.5. The van der Waals surface area contributed by atoms with Crippen molar-refractivity contribution in [3.63, 3.8) is 0 Å². The van der Waals surface area contributed by atoms with E-state index in [-0.39, 0.29) is 5.91 Å². The lowest BCUT2D eigenvalue weighted by molar-refractivity contribution is -0.111. The zero-order valence-corrected chi connectivity index (χ0v) is 21.9. The molecule has 1 saturated heterocycles. The molecule has 1 aliphatic rings. The minimum atomic E-state index is -0.632. The van der Waals surface area contributed by atoms with Crippen molar-refractivity contribution in [1.29, 1.82) is 0 Å². The number of pyridine rings is 1. The number of benzene rings is 1. The normalized spacial score (nSPS) is 13.8. The van der Waals surface area contributed by atoms with Gasteiger partial charge in [-0.3, -0.25) is 9.69 Å². The van der Waals surface area contributed by atoms with Crippen molar-refractivity contribution in [3.8, 4) is 0 Å². The van der Waals surface area contributed by atoms with Crippen LogP contribution in [0.3, 0.4) is 0 Å². The quantitative estimate of drug-likeness (QED) is 0.438. The number of ether oxygens (including phenoxy) is 2. The maximum Gasteiger partial charge on any atom is 0.414 e. The van der Waals surface area contributed by atoms with Gasteiger partial charge in [0.15, 0.2) is 5.58 Å². The van der Waals surface area contributed by atoms with Crippen LogP contribution < -0.4 is 20.4 Å². The summed E-state index contributed by atoms with van der Waals surface area (Å²) in [7, 11) is 1.65. The molecule has 2 amide bonds. The number of amides is 2. The number of anilines is 5. The first kappa shape index (κ1) is 26.0. The van der Waals surface area contributed by atoms with Crippen molar-refractivity contribution < 1.29 is 23.5 Å². The molecule has 1 aromatic carbocycles. The summed E-state index contributed by atoms with van der Waals surface area (Å²) in [5, 5.41) is 6.86. The number of hydrogen-bond acceptors (Lipinski definition) is 8. The number of nitrogens with zero attached hydrogens (tertiary/aromatic N) is 3. The van der Waals surface area contributed by atoms with Gasteiger partial charge in [0.2, 0.25) is 5.91 Å². The summed E-state index contributed by atoms with van der Waals surface area (Å²) in [4.78, 5) is 33.0. The first-order valence-electron chi connectivity index (χ1n) is 12.1. The Balaban J connectivity index is 1.66. The molecule has 0 aliphatic carbocycles. The Morgan fingerprint density at radius 1 is 1.19 bits per heavy atom. The zero-order chi connectivity index (χ0) is 26.7. The molecule has 0 saturated carbocycles. The van der Waals surface area contributed by atoms with Crippen LogP contribution in [-0.4, -0.2) is 55.9 Å². The van der Waals surface area contributed by atoms with Crippen LogP contribution in [0.4, 0.5) is 33.4 Å². The van der Waals surface area contributed by atoms with Crippen molar-refractivity contribution in [2.75, 3.05) is 53.8 Å². The van der Waals surface area contributed by atoms with Crippen LogP contribution in [0.5, 0.6) is 0 Å². The van der Waals surface area contributed by atoms with Crippen molar-refractivity contribution in [3.05, 3.63) is 48.9 Å². The van der Waals surface area contributed by atoms with Crippen molar-refractivity contribution in [2.45, 2.75) is 33.3 Å². The lowest BCUT2D eigenvalue weighted by atomic mass is 10.2. The van der Waals surface area contributed by atoms with Crippen molar-refractivity contribution in [1.82, 2.24) is 4.98 Å². The largest absolute Gasteiger partial charge is 0.457 e. The van der Waals surface area contributed by atoms with E-state index in [0.717, 1.165) is 18.8 Å². The molecule has 0 spiro atoms. The van der Waals surface area contributed by atoms with Gasteiger partial charge in [0, 0.05) is 31.2 Å². The fourth-order valence-electron chi connectivity index (χ4n) is 4.10. The first-order valence-corrected chi connectivity index (χ1v) is 12.1. The van der Waals surface area contributed by atoms with Crippen molar-refractivity contribution >= 4 is 51.5 Å². The van der Waals surface area contributed by atoms with Crippen LogP contribution in [0.1, 0.15) is 26.5 Å². The third kappa shape index (κ3) is 6.03. The van der Waals surface area contributed by atoms with E-state index in [1.165, 1.54) is 11.0 Å². The van der Waals surface area contributed by atoms with Gasteiger partial charge in [0.25, 0.3) is 0 Å². The van der Waals surface area contributed by atoms with Gasteiger partial charge in [-0.25, -0.2) is 9.78 Å². The smallest absolute Gasteiger partial charge is 0.414 e. The molecular formula is C27H33N5O5. The second-order valence-corrected chi connectivity index (χ2v) is 9.76. The highest BCUT2D eigenvalue weighted by atomic mass is 16.6. The Morgan fingerprint density at radius 3 is 2.59 bits per heavy atom. The number of carbonyl (C=O) groups is 2. The van der Waals surface area contributed by atoms with E-state index in [1.807, 2.05) is 39.0 Å². The van der Waals surface area contributed by atoms with Crippen LogP contribution >= 0.6 is 0 Å². The molecule has 37 heavy (non-hydrogen) atoms. The number of aryl methyl sites for hydroxylation is 1. The third-order valence-electron chi connectivity index (χ3n) is 5.81. The molecule has 3 heterocycles.